The molecule has 0 saturated carbocycles. The van der Waals surface area contributed by atoms with Gasteiger partial charge in [-0.1, -0.05) is 54.2 Å². The van der Waals surface area contributed by atoms with E-state index in [2.05, 4.69) is 4.98 Å². The van der Waals surface area contributed by atoms with Crippen LogP contribution in [0.4, 0.5) is 0 Å². The zero-order chi connectivity index (χ0) is 22.2. The Bertz CT molecular complexity index is 1180. The Morgan fingerprint density at radius 2 is 1.78 bits per heavy atom. The van der Waals surface area contributed by atoms with E-state index in [1.807, 2.05) is 85.8 Å². The Balaban J connectivity index is 1.17. The molecule has 0 radical (unpaired) electrons. The molecule has 1 heterocycles. The number of allylic oxidation sites excluding steroid dienone is 1. The van der Waals surface area contributed by atoms with Crippen molar-refractivity contribution in [3.05, 3.63) is 95.6 Å². The van der Waals surface area contributed by atoms with Gasteiger partial charge in [0.15, 0.2) is 11.4 Å². The van der Waals surface area contributed by atoms with Crippen LogP contribution in [0.2, 0.25) is 0 Å². The van der Waals surface area contributed by atoms with Crippen molar-refractivity contribution in [3.63, 3.8) is 0 Å². The first-order valence-electron chi connectivity index (χ1n) is 10.7. The third-order valence-corrected chi connectivity index (χ3v) is 5.96. The second-order valence-electron chi connectivity index (χ2n) is 7.43. The number of carbonyl (C=O) groups is 1. The van der Waals surface area contributed by atoms with Gasteiger partial charge >= 0.3 is 0 Å². The summed E-state index contributed by atoms with van der Waals surface area (Å²) in [7, 11) is 0. The van der Waals surface area contributed by atoms with Gasteiger partial charge < -0.3 is 9.15 Å². The molecule has 3 aromatic carbocycles. The van der Waals surface area contributed by atoms with Crippen LogP contribution in [0.25, 0.3) is 17.2 Å². The molecule has 0 saturated heterocycles. The monoisotopic (exact) mass is 443 g/mol. The molecule has 5 heteroatoms. The average Bonchev–Trinajstić information content (AvgIpc) is 3.24. The van der Waals surface area contributed by atoms with Crippen LogP contribution in [0.5, 0.6) is 5.75 Å². The molecule has 4 rings (SSSR count). The van der Waals surface area contributed by atoms with Crippen molar-refractivity contribution >= 4 is 34.7 Å². The molecule has 0 N–H and O–H groups in total. The van der Waals surface area contributed by atoms with Crippen LogP contribution in [0.15, 0.2) is 88.5 Å². The SMILES string of the molecule is Cc1ccccc1/C=C/C(=O)c1ccc(OCCCCSc2nc3ccccc3o2)cc1. The zero-order valence-corrected chi connectivity index (χ0v) is 18.8. The van der Waals surface area contributed by atoms with Gasteiger partial charge in [-0.05, 0) is 73.4 Å². The highest BCUT2D eigenvalue weighted by Crippen LogP contribution is 2.24. The maximum atomic E-state index is 12.4. The van der Waals surface area contributed by atoms with E-state index in [4.69, 9.17) is 9.15 Å². The van der Waals surface area contributed by atoms with E-state index in [-0.39, 0.29) is 5.78 Å². The minimum Gasteiger partial charge on any atom is -0.494 e. The predicted molar refractivity (Wildman–Crippen MR) is 130 cm³/mol. The maximum Gasteiger partial charge on any atom is 0.256 e. The third kappa shape index (κ3) is 5.89. The lowest BCUT2D eigenvalue weighted by atomic mass is 10.1. The number of unbranched alkanes of at least 4 members (excludes halogenated alkanes) is 1. The lowest BCUT2D eigenvalue weighted by Gasteiger charge is -2.06. The molecule has 0 unspecified atom stereocenters. The third-order valence-electron chi connectivity index (χ3n) is 5.05. The van der Waals surface area contributed by atoms with E-state index in [1.54, 1.807) is 17.8 Å². The molecule has 0 fully saturated rings. The average molecular weight is 444 g/mol. The summed E-state index contributed by atoms with van der Waals surface area (Å²) < 4.78 is 11.5. The number of thioether (sulfide) groups is 1. The normalized spacial score (nSPS) is 11.3. The second kappa shape index (κ2) is 10.8. The summed E-state index contributed by atoms with van der Waals surface area (Å²) >= 11 is 1.62. The molecular weight excluding hydrogens is 418 g/mol. The number of para-hydroxylation sites is 2. The highest BCUT2D eigenvalue weighted by atomic mass is 32.2. The first-order chi connectivity index (χ1) is 15.7. The topological polar surface area (TPSA) is 52.3 Å². The fourth-order valence-electron chi connectivity index (χ4n) is 3.22. The number of oxazole rings is 1. The number of hydrogen-bond donors (Lipinski definition) is 0. The van der Waals surface area contributed by atoms with E-state index in [1.165, 1.54) is 0 Å². The first kappa shape index (κ1) is 21.9. The Hall–Kier alpha value is -3.31. The van der Waals surface area contributed by atoms with E-state index in [0.29, 0.717) is 17.4 Å². The van der Waals surface area contributed by atoms with Crippen molar-refractivity contribution in [2.45, 2.75) is 25.0 Å². The molecule has 0 spiro atoms. The summed E-state index contributed by atoms with van der Waals surface area (Å²) in [5.41, 5.74) is 4.57. The zero-order valence-electron chi connectivity index (χ0n) is 18.0. The van der Waals surface area contributed by atoms with Crippen molar-refractivity contribution in [2.75, 3.05) is 12.4 Å². The van der Waals surface area contributed by atoms with Crippen molar-refractivity contribution in [1.82, 2.24) is 4.98 Å². The van der Waals surface area contributed by atoms with Crippen LogP contribution in [0, 0.1) is 6.92 Å². The number of carbonyl (C=O) groups excluding carboxylic acids is 1. The minimum atomic E-state index is -0.0176. The van der Waals surface area contributed by atoms with Crippen LogP contribution in [0.1, 0.15) is 34.3 Å². The fraction of sp³-hybridized carbons (Fsp3) is 0.185. The van der Waals surface area contributed by atoms with Crippen molar-refractivity contribution in [3.8, 4) is 5.75 Å². The Kier molecular flexibility index (Phi) is 7.41. The molecule has 0 aliphatic carbocycles. The van der Waals surface area contributed by atoms with E-state index in [0.717, 1.165) is 46.6 Å². The number of aryl methyl sites for hydroxylation is 1. The standard InChI is InChI=1S/C27H25NO3S/c1-20-8-2-3-9-21(20)14-17-25(29)22-12-15-23(16-13-22)30-18-6-7-19-32-27-28-24-10-4-5-11-26(24)31-27/h2-5,8-17H,6-7,18-19H2,1H3/b17-14+. The van der Waals surface area contributed by atoms with E-state index < -0.39 is 0 Å². The van der Waals surface area contributed by atoms with Gasteiger partial charge in [0.25, 0.3) is 5.22 Å². The van der Waals surface area contributed by atoms with Gasteiger partial charge in [0.05, 0.1) is 6.61 Å². The van der Waals surface area contributed by atoms with Crippen LogP contribution < -0.4 is 4.74 Å². The first-order valence-corrected chi connectivity index (χ1v) is 11.7. The maximum absolute atomic E-state index is 12.4. The van der Waals surface area contributed by atoms with Gasteiger partial charge in [0.1, 0.15) is 11.3 Å². The van der Waals surface area contributed by atoms with E-state index in [9.17, 15) is 4.79 Å². The van der Waals surface area contributed by atoms with Gasteiger partial charge in [0.2, 0.25) is 0 Å². The molecule has 0 aliphatic rings. The molecule has 4 nitrogen and oxygen atoms in total. The molecule has 162 valence electrons. The van der Waals surface area contributed by atoms with Gasteiger partial charge in [0, 0.05) is 11.3 Å². The smallest absolute Gasteiger partial charge is 0.256 e. The Morgan fingerprint density at radius 1 is 1.00 bits per heavy atom. The van der Waals surface area contributed by atoms with Crippen LogP contribution >= 0.6 is 11.8 Å². The van der Waals surface area contributed by atoms with Crippen molar-refractivity contribution < 1.29 is 13.9 Å². The number of aromatic nitrogens is 1. The van der Waals surface area contributed by atoms with Crippen LogP contribution in [0.3, 0.4) is 0 Å². The van der Waals surface area contributed by atoms with Crippen molar-refractivity contribution in [2.24, 2.45) is 0 Å². The predicted octanol–water partition coefficient (Wildman–Crippen LogP) is 6.98. The number of fused-ring (bicyclic) bond motifs is 1. The second-order valence-corrected chi connectivity index (χ2v) is 8.48. The lowest BCUT2D eigenvalue weighted by molar-refractivity contribution is 0.104. The van der Waals surface area contributed by atoms with Gasteiger partial charge in [-0.25, -0.2) is 4.98 Å². The van der Waals surface area contributed by atoms with Crippen LogP contribution in [-0.4, -0.2) is 23.1 Å². The molecule has 1 aromatic heterocycles. The van der Waals surface area contributed by atoms with Crippen molar-refractivity contribution in [1.29, 1.82) is 0 Å². The number of ketones is 1. The minimum absolute atomic E-state index is 0.0176. The largest absolute Gasteiger partial charge is 0.494 e. The summed E-state index contributed by atoms with van der Waals surface area (Å²) in [5.74, 6) is 1.68. The summed E-state index contributed by atoms with van der Waals surface area (Å²) in [6.45, 7) is 2.67. The number of nitrogens with zero attached hydrogens (tertiary/aromatic N) is 1. The molecule has 0 aliphatic heterocycles. The number of rotatable bonds is 10. The molecular formula is C27H25NO3S. The van der Waals surface area contributed by atoms with Gasteiger partial charge in [-0.3, -0.25) is 4.79 Å². The molecule has 4 aromatic rings. The molecule has 32 heavy (non-hydrogen) atoms. The lowest BCUT2D eigenvalue weighted by Crippen LogP contribution is -1.99. The quantitative estimate of drug-likeness (QED) is 0.114. The number of hydrogen-bond acceptors (Lipinski definition) is 5. The number of ether oxygens (including phenoxy) is 1. The summed E-state index contributed by atoms with van der Waals surface area (Å²) in [6.07, 6.45) is 5.42. The summed E-state index contributed by atoms with van der Waals surface area (Å²) in [5, 5.41) is 0.712. The van der Waals surface area contributed by atoms with Gasteiger partial charge in [-0.15, -0.1) is 0 Å². The summed E-state index contributed by atoms with van der Waals surface area (Å²) in [6, 6.07) is 23.1. The molecule has 0 bridgehead atoms. The summed E-state index contributed by atoms with van der Waals surface area (Å²) in [4.78, 5) is 16.9. The van der Waals surface area contributed by atoms with Gasteiger partial charge in [-0.2, -0.15) is 0 Å². The fourth-order valence-corrected chi connectivity index (χ4v) is 4.05. The molecule has 0 atom stereocenters. The Morgan fingerprint density at radius 3 is 2.59 bits per heavy atom. The Labute approximate surface area is 192 Å². The molecule has 0 amide bonds. The van der Waals surface area contributed by atoms with E-state index >= 15 is 0 Å². The highest BCUT2D eigenvalue weighted by molar-refractivity contribution is 7.99. The number of benzene rings is 3. The van der Waals surface area contributed by atoms with Crippen LogP contribution in [-0.2, 0) is 0 Å². The highest BCUT2D eigenvalue weighted by Gasteiger charge is 2.06.